The fourth-order valence-corrected chi connectivity index (χ4v) is 3.33. The van der Waals surface area contributed by atoms with Crippen LogP contribution in [0.4, 0.5) is 0 Å². The number of benzene rings is 3. The molecular formula is C33H32O7. The van der Waals surface area contributed by atoms with Crippen LogP contribution in [0.2, 0.25) is 0 Å². The summed E-state index contributed by atoms with van der Waals surface area (Å²) < 4.78 is 21.9. The first-order valence-electron chi connectivity index (χ1n) is 12.7. The van der Waals surface area contributed by atoms with Gasteiger partial charge >= 0.3 is 17.9 Å². The van der Waals surface area contributed by atoms with Crippen molar-refractivity contribution in [3.63, 3.8) is 0 Å². The number of rotatable bonds is 11. The Hall–Kier alpha value is -4.91. The molecule has 0 radical (unpaired) electrons. The van der Waals surface area contributed by atoms with E-state index >= 15 is 0 Å². The molecule has 3 aromatic rings. The Morgan fingerprint density at radius 2 is 1.12 bits per heavy atom. The van der Waals surface area contributed by atoms with Crippen molar-refractivity contribution in [2.24, 2.45) is 0 Å². The van der Waals surface area contributed by atoms with Crippen LogP contribution in [0.25, 0.3) is 17.2 Å². The van der Waals surface area contributed by atoms with Crippen LogP contribution in [0.3, 0.4) is 0 Å². The summed E-state index contributed by atoms with van der Waals surface area (Å²) in [5.41, 5.74) is 3.50. The predicted octanol–water partition coefficient (Wildman–Crippen LogP) is 7.11. The first-order chi connectivity index (χ1) is 19.1. The second-order valence-corrected chi connectivity index (χ2v) is 9.15. The quantitative estimate of drug-likeness (QED) is 0.145. The minimum atomic E-state index is -0.531. The molecule has 0 unspecified atom stereocenters. The lowest BCUT2D eigenvalue weighted by Gasteiger charge is -2.12. The number of carbonyl (C=O) groups excluding carboxylic acids is 3. The Morgan fingerprint density at radius 1 is 0.675 bits per heavy atom. The molecule has 0 atom stereocenters. The third-order valence-electron chi connectivity index (χ3n) is 5.51. The van der Waals surface area contributed by atoms with Gasteiger partial charge in [0.25, 0.3) is 0 Å². The second kappa shape index (κ2) is 13.8. The molecule has 0 N–H and O–H groups in total. The van der Waals surface area contributed by atoms with Gasteiger partial charge in [-0.1, -0.05) is 44.3 Å². The van der Waals surface area contributed by atoms with Gasteiger partial charge in [-0.2, -0.15) is 0 Å². The Balaban J connectivity index is 1.76. The average molecular weight is 541 g/mol. The van der Waals surface area contributed by atoms with Gasteiger partial charge in [0, 0.05) is 22.3 Å². The van der Waals surface area contributed by atoms with E-state index in [1.54, 1.807) is 51.1 Å². The van der Waals surface area contributed by atoms with E-state index in [4.69, 9.17) is 18.9 Å². The Labute approximate surface area is 234 Å². The van der Waals surface area contributed by atoms with E-state index in [2.05, 4.69) is 13.2 Å². The minimum Gasteiger partial charge on any atom is -0.493 e. The van der Waals surface area contributed by atoms with Crippen molar-refractivity contribution in [3.05, 3.63) is 102 Å². The van der Waals surface area contributed by atoms with E-state index in [0.717, 1.165) is 23.1 Å². The number of hydrogen-bond donors (Lipinski definition) is 0. The highest BCUT2D eigenvalue weighted by atomic mass is 16.5. The Kier molecular flexibility index (Phi) is 10.2. The number of carbonyl (C=O) groups is 3. The van der Waals surface area contributed by atoms with Crippen molar-refractivity contribution < 1.29 is 33.3 Å². The van der Waals surface area contributed by atoms with Gasteiger partial charge in [-0.25, -0.2) is 14.4 Å². The molecule has 0 aromatic heterocycles. The molecule has 0 bridgehead atoms. The summed E-state index contributed by atoms with van der Waals surface area (Å²) in [6, 6.07) is 19.0. The predicted molar refractivity (Wildman–Crippen MR) is 154 cm³/mol. The summed E-state index contributed by atoms with van der Waals surface area (Å²) in [6.07, 6.45) is 2.52. The molecule has 0 aliphatic rings. The summed E-state index contributed by atoms with van der Waals surface area (Å²) in [4.78, 5) is 36.2. The van der Waals surface area contributed by atoms with E-state index in [9.17, 15) is 14.4 Å². The van der Waals surface area contributed by atoms with Gasteiger partial charge in [0.2, 0.25) is 0 Å². The highest BCUT2D eigenvalue weighted by molar-refractivity contribution is 5.95. The molecule has 3 aromatic carbocycles. The maximum absolute atomic E-state index is 12.8. The molecule has 7 heteroatoms. The van der Waals surface area contributed by atoms with Crippen LogP contribution < -0.4 is 18.9 Å². The molecule has 7 nitrogen and oxygen atoms in total. The molecule has 0 spiro atoms. The lowest BCUT2D eigenvalue weighted by atomic mass is 10.0. The van der Waals surface area contributed by atoms with E-state index < -0.39 is 17.9 Å². The SMILES string of the molecule is C=C(C)C(=O)Oc1ccc(OC(=O)/C(C)=C/c2ccc(-c3ccc(OC(=O)C(=C)C)cc3)cc2OCCC)cc1. The molecule has 0 saturated heterocycles. The van der Waals surface area contributed by atoms with Gasteiger partial charge in [0.05, 0.1) is 6.61 Å². The van der Waals surface area contributed by atoms with Crippen molar-refractivity contribution >= 4 is 24.0 Å². The first-order valence-corrected chi connectivity index (χ1v) is 12.7. The summed E-state index contributed by atoms with van der Waals surface area (Å²) in [5.74, 6) is 0.134. The molecule has 3 rings (SSSR count). The van der Waals surface area contributed by atoms with E-state index in [0.29, 0.717) is 40.8 Å². The van der Waals surface area contributed by atoms with E-state index in [1.807, 2.05) is 37.3 Å². The number of ether oxygens (including phenoxy) is 4. The van der Waals surface area contributed by atoms with Gasteiger partial charge in [-0.05, 0) is 86.9 Å². The van der Waals surface area contributed by atoms with Gasteiger partial charge in [0.15, 0.2) is 0 Å². The van der Waals surface area contributed by atoms with Gasteiger partial charge in [0.1, 0.15) is 23.0 Å². The molecule has 0 fully saturated rings. The van der Waals surface area contributed by atoms with Gasteiger partial charge in [-0.3, -0.25) is 0 Å². The fraction of sp³-hybridized carbons (Fsp3) is 0.182. The fourth-order valence-electron chi connectivity index (χ4n) is 3.33. The second-order valence-electron chi connectivity index (χ2n) is 9.15. The standard InChI is InChI=1S/C33H32O7/c1-7-18-37-30-20-25(24-10-12-27(13-11-24)38-31(34)21(2)3)8-9-26(30)19-23(6)33(36)40-29-16-14-28(15-17-29)39-32(35)22(4)5/h8-17,19-20H,2,4,7,18H2,1,3,5-6H3/b23-19+. The Bertz CT molecular complexity index is 1450. The maximum Gasteiger partial charge on any atom is 0.339 e. The molecule has 0 amide bonds. The van der Waals surface area contributed by atoms with E-state index in [1.165, 1.54) is 12.1 Å². The molecule has 0 heterocycles. The maximum atomic E-state index is 12.8. The van der Waals surface area contributed by atoms with Crippen LogP contribution in [0.1, 0.15) is 39.7 Å². The van der Waals surface area contributed by atoms with Crippen LogP contribution in [-0.2, 0) is 14.4 Å². The molecule has 206 valence electrons. The normalized spacial score (nSPS) is 10.8. The molecular weight excluding hydrogens is 508 g/mol. The van der Waals surface area contributed by atoms with Crippen molar-refractivity contribution in [3.8, 4) is 34.1 Å². The number of hydrogen-bond acceptors (Lipinski definition) is 7. The van der Waals surface area contributed by atoms with Crippen LogP contribution >= 0.6 is 0 Å². The smallest absolute Gasteiger partial charge is 0.339 e. The summed E-state index contributed by atoms with van der Waals surface area (Å²) in [6.45, 7) is 14.5. The zero-order valence-corrected chi connectivity index (χ0v) is 23.1. The van der Waals surface area contributed by atoms with Crippen molar-refractivity contribution in [2.45, 2.75) is 34.1 Å². The van der Waals surface area contributed by atoms with Crippen molar-refractivity contribution in [2.75, 3.05) is 6.61 Å². The third kappa shape index (κ3) is 8.30. The zero-order chi connectivity index (χ0) is 29.2. The van der Waals surface area contributed by atoms with Crippen LogP contribution in [0.15, 0.2) is 96.6 Å². The van der Waals surface area contributed by atoms with E-state index in [-0.39, 0.29) is 5.57 Å². The van der Waals surface area contributed by atoms with Crippen LogP contribution in [0.5, 0.6) is 23.0 Å². The first kappa shape index (κ1) is 29.6. The number of esters is 3. The van der Waals surface area contributed by atoms with Gasteiger partial charge < -0.3 is 18.9 Å². The van der Waals surface area contributed by atoms with Gasteiger partial charge in [-0.15, -0.1) is 0 Å². The highest BCUT2D eigenvalue weighted by Crippen LogP contribution is 2.31. The minimum absolute atomic E-state index is 0.283. The highest BCUT2D eigenvalue weighted by Gasteiger charge is 2.13. The monoisotopic (exact) mass is 540 g/mol. The average Bonchev–Trinajstić information content (AvgIpc) is 2.93. The molecule has 0 aliphatic carbocycles. The van der Waals surface area contributed by atoms with Crippen molar-refractivity contribution in [1.29, 1.82) is 0 Å². The Morgan fingerprint density at radius 3 is 1.60 bits per heavy atom. The largest absolute Gasteiger partial charge is 0.493 e. The molecule has 40 heavy (non-hydrogen) atoms. The lowest BCUT2D eigenvalue weighted by Crippen LogP contribution is -2.10. The summed E-state index contributed by atoms with van der Waals surface area (Å²) in [7, 11) is 0. The molecule has 0 aliphatic heterocycles. The molecule has 0 saturated carbocycles. The van der Waals surface area contributed by atoms with Crippen LogP contribution in [-0.4, -0.2) is 24.5 Å². The summed E-state index contributed by atoms with van der Waals surface area (Å²) >= 11 is 0. The van der Waals surface area contributed by atoms with Crippen molar-refractivity contribution in [1.82, 2.24) is 0 Å². The topological polar surface area (TPSA) is 88.1 Å². The summed E-state index contributed by atoms with van der Waals surface area (Å²) in [5, 5.41) is 0. The van der Waals surface area contributed by atoms with Crippen LogP contribution in [0, 0.1) is 0 Å². The third-order valence-corrected chi connectivity index (χ3v) is 5.51. The zero-order valence-electron chi connectivity index (χ0n) is 23.1. The lowest BCUT2D eigenvalue weighted by molar-refractivity contribution is -0.131.